The second-order valence-electron chi connectivity index (χ2n) is 8.70. The largest absolute Gasteiger partial charge is 0.392 e. The first-order valence-corrected chi connectivity index (χ1v) is 8.86. The molecule has 0 aliphatic heterocycles. The van der Waals surface area contributed by atoms with Crippen LogP contribution in [0.2, 0.25) is 0 Å². The van der Waals surface area contributed by atoms with Crippen molar-refractivity contribution in [1.82, 2.24) is 0 Å². The van der Waals surface area contributed by atoms with Crippen LogP contribution in [0.1, 0.15) is 65.2 Å². The van der Waals surface area contributed by atoms with Gasteiger partial charge in [0.05, 0.1) is 6.10 Å². The van der Waals surface area contributed by atoms with E-state index in [1.54, 1.807) is 0 Å². The van der Waals surface area contributed by atoms with Crippen molar-refractivity contribution in [2.75, 3.05) is 0 Å². The highest BCUT2D eigenvalue weighted by atomic mass is 16.3. The van der Waals surface area contributed by atoms with Gasteiger partial charge in [-0.3, -0.25) is 4.79 Å². The zero-order valence-electron chi connectivity index (χ0n) is 13.4. The maximum atomic E-state index is 11.8. The van der Waals surface area contributed by atoms with E-state index >= 15 is 0 Å². The predicted octanol–water partition coefficient (Wildman–Crippen LogP) is 3.88. The van der Waals surface area contributed by atoms with E-state index in [0.717, 1.165) is 12.8 Å². The standard InChI is InChI=1S/C19H28O2/c1-18-7-3-4-14(18)17-15(6-8-18)19(2)9-5-13(20)10-12(19)11-16(17)21/h10,14-17,21H,3-9,11H2,1-2H3/t14-,15-,16-,17-,18-,19-/m0/s1. The van der Waals surface area contributed by atoms with Crippen LogP contribution in [0.3, 0.4) is 0 Å². The molecular formula is C19H28O2. The van der Waals surface area contributed by atoms with Crippen LogP contribution in [-0.2, 0) is 4.79 Å². The highest BCUT2D eigenvalue weighted by Gasteiger charge is 2.58. The van der Waals surface area contributed by atoms with Crippen molar-refractivity contribution in [2.45, 2.75) is 71.3 Å². The van der Waals surface area contributed by atoms with Gasteiger partial charge in [0.25, 0.3) is 0 Å². The quantitative estimate of drug-likeness (QED) is 0.734. The topological polar surface area (TPSA) is 37.3 Å². The maximum Gasteiger partial charge on any atom is 0.155 e. The molecule has 0 bridgehead atoms. The summed E-state index contributed by atoms with van der Waals surface area (Å²) in [6, 6.07) is 0. The van der Waals surface area contributed by atoms with Gasteiger partial charge in [0, 0.05) is 6.42 Å². The SMILES string of the molecule is C[C@@]12CCC[C@H]1[C@@H]1[C@@H](O)CC3=CC(=O)CC[C@]3(C)[C@H]1CC2. The molecule has 21 heavy (non-hydrogen) atoms. The molecule has 0 unspecified atom stereocenters. The van der Waals surface area contributed by atoms with Crippen LogP contribution in [0.15, 0.2) is 11.6 Å². The minimum atomic E-state index is -0.219. The van der Waals surface area contributed by atoms with Gasteiger partial charge in [-0.1, -0.05) is 25.8 Å². The van der Waals surface area contributed by atoms with Gasteiger partial charge < -0.3 is 5.11 Å². The summed E-state index contributed by atoms with van der Waals surface area (Å²) in [5, 5.41) is 10.9. The Morgan fingerprint density at radius 1 is 1.14 bits per heavy atom. The van der Waals surface area contributed by atoms with E-state index in [-0.39, 0.29) is 17.3 Å². The fraction of sp³-hybridized carbons (Fsp3) is 0.842. The van der Waals surface area contributed by atoms with Gasteiger partial charge in [-0.05, 0) is 73.2 Å². The van der Waals surface area contributed by atoms with E-state index in [2.05, 4.69) is 13.8 Å². The van der Waals surface area contributed by atoms with Gasteiger partial charge >= 0.3 is 0 Å². The van der Waals surface area contributed by atoms with Crippen LogP contribution in [0.25, 0.3) is 0 Å². The third-order valence-electron chi connectivity index (χ3n) is 7.77. The molecule has 116 valence electrons. The molecule has 6 atom stereocenters. The lowest BCUT2D eigenvalue weighted by molar-refractivity contribution is -0.121. The Kier molecular flexibility index (Phi) is 2.96. The number of aliphatic hydroxyl groups excluding tert-OH is 1. The number of ketones is 1. The normalized spacial score (nSPS) is 52.7. The molecule has 0 radical (unpaired) electrons. The molecule has 3 fully saturated rings. The lowest BCUT2D eigenvalue weighted by atomic mass is 9.47. The molecular weight excluding hydrogens is 260 g/mol. The number of fused-ring (bicyclic) bond motifs is 5. The van der Waals surface area contributed by atoms with Crippen molar-refractivity contribution in [3.63, 3.8) is 0 Å². The first-order valence-electron chi connectivity index (χ1n) is 8.86. The minimum absolute atomic E-state index is 0.182. The number of hydrogen-bond donors (Lipinski definition) is 1. The Bertz CT molecular complexity index is 508. The Labute approximate surface area is 128 Å². The molecule has 0 aromatic carbocycles. The van der Waals surface area contributed by atoms with Crippen LogP contribution in [0.4, 0.5) is 0 Å². The summed E-state index contributed by atoms with van der Waals surface area (Å²) in [4.78, 5) is 11.8. The van der Waals surface area contributed by atoms with Crippen LogP contribution in [0, 0.1) is 28.6 Å². The Morgan fingerprint density at radius 3 is 2.76 bits per heavy atom. The number of carbonyl (C=O) groups excluding carboxylic acids is 1. The van der Waals surface area contributed by atoms with Gasteiger partial charge in [-0.15, -0.1) is 0 Å². The van der Waals surface area contributed by atoms with Crippen LogP contribution in [0.5, 0.6) is 0 Å². The second kappa shape index (κ2) is 4.44. The molecule has 0 aromatic heterocycles. The van der Waals surface area contributed by atoms with Gasteiger partial charge in [0.2, 0.25) is 0 Å². The third-order valence-corrected chi connectivity index (χ3v) is 7.77. The van der Waals surface area contributed by atoms with Crippen molar-refractivity contribution in [1.29, 1.82) is 0 Å². The van der Waals surface area contributed by atoms with Crippen molar-refractivity contribution in [3.8, 4) is 0 Å². The molecule has 0 amide bonds. The first kappa shape index (κ1) is 14.0. The molecule has 0 saturated heterocycles. The molecule has 0 heterocycles. The number of carbonyl (C=O) groups is 1. The first-order chi connectivity index (χ1) is 9.94. The molecule has 1 N–H and O–H groups in total. The molecule has 3 saturated carbocycles. The molecule has 2 heteroatoms. The second-order valence-corrected chi connectivity index (χ2v) is 8.70. The van der Waals surface area contributed by atoms with Gasteiger partial charge in [-0.2, -0.15) is 0 Å². The third kappa shape index (κ3) is 1.84. The van der Waals surface area contributed by atoms with Crippen LogP contribution < -0.4 is 0 Å². The molecule has 4 aliphatic carbocycles. The lowest BCUT2D eigenvalue weighted by Gasteiger charge is -2.58. The average molecular weight is 288 g/mol. The predicted molar refractivity (Wildman–Crippen MR) is 82.7 cm³/mol. The van der Waals surface area contributed by atoms with Gasteiger partial charge in [0.1, 0.15) is 0 Å². The van der Waals surface area contributed by atoms with Gasteiger partial charge in [-0.25, -0.2) is 0 Å². The van der Waals surface area contributed by atoms with Crippen molar-refractivity contribution in [2.24, 2.45) is 28.6 Å². The molecule has 0 spiro atoms. The van der Waals surface area contributed by atoms with E-state index in [9.17, 15) is 9.90 Å². The summed E-state index contributed by atoms with van der Waals surface area (Å²) < 4.78 is 0. The highest BCUT2D eigenvalue weighted by molar-refractivity contribution is 5.91. The van der Waals surface area contributed by atoms with Crippen molar-refractivity contribution in [3.05, 3.63) is 11.6 Å². The Morgan fingerprint density at radius 2 is 1.95 bits per heavy atom. The zero-order valence-corrected chi connectivity index (χ0v) is 13.4. The molecule has 4 rings (SSSR count). The number of hydrogen-bond acceptors (Lipinski definition) is 2. The summed E-state index contributed by atoms with van der Waals surface area (Å²) in [5.41, 5.74) is 1.92. The van der Waals surface area contributed by atoms with E-state index in [0.29, 0.717) is 29.6 Å². The van der Waals surface area contributed by atoms with Crippen LogP contribution >= 0.6 is 0 Å². The minimum Gasteiger partial charge on any atom is -0.392 e. The fourth-order valence-corrected chi connectivity index (χ4v) is 6.52. The van der Waals surface area contributed by atoms with E-state index < -0.39 is 0 Å². The Hall–Kier alpha value is -0.630. The van der Waals surface area contributed by atoms with E-state index in [1.165, 1.54) is 37.7 Å². The Balaban J connectivity index is 1.74. The smallest absolute Gasteiger partial charge is 0.155 e. The van der Waals surface area contributed by atoms with Crippen molar-refractivity contribution >= 4 is 5.78 Å². The summed E-state index contributed by atoms with van der Waals surface area (Å²) in [6.45, 7) is 4.85. The van der Waals surface area contributed by atoms with Crippen LogP contribution in [-0.4, -0.2) is 17.0 Å². The molecule has 4 aliphatic rings. The monoisotopic (exact) mass is 288 g/mol. The van der Waals surface area contributed by atoms with E-state index in [4.69, 9.17) is 0 Å². The highest BCUT2D eigenvalue weighted by Crippen LogP contribution is 2.65. The summed E-state index contributed by atoms with van der Waals surface area (Å²) >= 11 is 0. The fourth-order valence-electron chi connectivity index (χ4n) is 6.52. The average Bonchev–Trinajstić information content (AvgIpc) is 2.82. The summed E-state index contributed by atoms with van der Waals surface area (Å²) in [7, 11) is 0. The molecule has 2 nitrogen and oxygen atoms in total. The zero-order chi connectivity index (χ0) is 14.8. The van der Waals surface area contributed by atoms with E-state index in [1.807, 2.05) is 6.08 Å². The maximum absolute atomic E-state index is 11.8. The van der Waals surface area contributed by atoms with Gasteiger partial charge in [0.15, 0.2) is 5.78 Å². The number of rotatable bonds is 0. The summed E-state index contributed by atoms with van der Waals surface area (Å²) in [6.07, 6.45) is 10.7. The summed E-state index contributed by atoms with van der Waals surface area (Å²) in [5.74, 6) is 2.05. The molecule has 0 aromatic rings. The number of aliphatic hydroxyl groups is 1. The van der Waals surface area contributed by atoms with Crippen molar-refractivity contribution < 1.29 is 9.90 Å². The lowest BCUT2D eigenvalue weighted by Crippen LogP contribution is -2.54.